The van der Waals surface area contributed by atoms with Gasteiger partial charge in [0.1, 0.15) is 5.71 Å². The highest BCUT2D eigenvalue weighted by molar-refractivity contribution is 6.26. The molecule has 0 aromatic heterocycles. The molecule has 112 valence electrons. The SMILES string of the molecule is CCCCOC(=O)c1cccc2c1-c1ccccc1/C2=N\O. The van der Waals surface area contributed by atoms with Gasteiger partial charge >= 0.3 is 5.97 Å². The molecule has 3 rings (SSSR count). The Bertz CT molecular complexity index is 750. The summed E-state index contributed by atoms with van der Waals surface area (Å²) in [5, 5.41) is 12.7. The van der Waals surface area contributed by atoms with Gasteiger partial charge in [0.2, 0.25) is 0 Å². The molecular weight excluding hydrogens is 278 g/mol. The van der Waals surface area contributed by atoms with Crippen LogP contribution < -0.4 is 0 Å². The first kappa shape index (κ1) is 14.3. The number of oxime groups is 1. The Morgan fingerprint density at radius 2 is 1.82 bits per heavy atom. The topological polar surface area (TPSA) is 58.9 Å². The van der Waals surface area contributed by atoms with Gasteiger partial charge in [-0.05, 0) is 18.1 Å². The van der Waals surface area contributed by atoms with Crippen molar-refractivity contribution in [1.82, 2.24) is 0 Å². The van der Waals surface area contributed by atoms with Gasteiger partial charge in [0.05, 0.1) is 12.2 Å². The van der Waals surface area contributed by atoms with Crippen LogP contribution in [0.25, 0.3) is 11.1 Å². The summed E-state index contributed by atoms with van der Waals surface area (Å²) in [6.45, 7) is 2.47. The third-order valence-electron chi connectivity index (χ3n) is 3.82. The van der Waals surface area contributed by atoms with Gasteiger partial charge in [0, 0.05) is 16.7 Å². The second-order valence-corrected chi connectivity index (χ2v) is 5.21. The minimum absolute atomic E-state index is 0.334. The van der Waals surface area contributed by atoms with E-state index >= 15 is 0 Å². The molecule has 0 bridgehead atoms. The van der Waals surface area contributed by atoms with E-state index in [0.29, 0.717) is 17.9 Å². The fourth-order valence-corrected chi connectivity index (χ4v) is 2.76. The van der Waals surface area contributed by atoms with E-state index in [-0.39, 0.29) is 5.97 Å². The molecule has 2 aromatic carbocycles. The Hall–Kier alpha value is -2.62. The van der Waals surface area contributed by atoms with Gasteiger partial charge in [-0.3, -0.25) is 0 Å². The summed E-state index contributed by atoms with van der Waals surface area (Å²) in [6.07, 6.45) is 1.82. The Morgan fingerprint density at radius 3 is 2.55 bits per heavy atom. The molecule has 4 nitrogen and oxygen atoms in total. The third-order valence-corrected chi connectivity index (χ3v) is 3.82. The Balaban J connectivity index is 2.08. The molecule has 0 unspecified atom stereocenters. The van der Waals surface area contributed by atoms with E-state index in [1.54, 1.807) is 12.1 Å². The number of benzene rings is 2. The van der Waals surface area contributed by atoms with Crippen LogP contribution in [0.15, 0.2) is 47.6 Å². The highest BCUT2D eigenvalue weighted by atomic mass is 16.5. The zero-order valence-electron chi connectivity index (χ0n) is 12.4. The van der Waals surface area contributed by atoms with Crippen LogP contribution in [0.2, 0.25) is 0 Å². The van der Waals surface area contributed by atoms with Crippen molar-refractivity contribution in [2.75, 3.05) is 6.61 Å². The van der Waals surface area contributed by atoms with E-state index in [9.17, 15) is 10.0 Å². The minimum atomic E-state index is -0.334. The third kappa shape index (κ3) is 2.26. The number of unbranched alkanes of at least 4 members (excludes halogenated alkanes) is 1. The van der Waals surface area contributed by atoms with Gasteiger partial charge in [0.15, 0.2) is 0 Å². The van der Waals surface area contributed by atoms with E-state index in [0.717, 1.165) is 35.1 Å². The maximum Gasteiger partial charge on any atom is 0.338 e. The predicted molar refractivity (Wildman–Crippen MR) is 84.5 cm³/mol. The molecule has 1 aliphatic carbocycles. The first-order valence-corrected chi connectivity index (χ1v) is 7.40. The number of hydrogen-bond acceptors (Lipinski definition) is 4. The van der Waals surface area contributed by atoms with E-state index in [1.807, 2.05) is 37.3 Å². The second kappa shape index (κ2) is 6.02. The maximum absolute atomic E-state index is 12.4. The first-order valence-electron chi connectivity index (χ1n) is 7.40. The normalized spacial score (nSPS) is 13.8. The Morgan fingerprint density at radius 1 is 1.09 bits per heavy atom. The summed E-state index contributed by atoms with van der Waals surface area (Å²) in [6, 6.07) is 13.0. The number of ether oxygens (including phenoxy) is 1. The van der Waals surface area contributed by atoms with Crippen LogP contribution in [-0.4, -0.2) is 23.5 Å². The van der Waals surface area contributed by atoms with E-state index in [4.69, 9.17) is 4.74 Å². The molecule has 4 heteroatoms. The van der Waals surface area contributed by atoms with Crippen molar-refractivity contribution in [3.8, 4) is 11.1 Å². The highest BCUT2D eigenvalue weighted by Gasteiger charge is 2.29. The smallest absolute Gasteiger partial charge is 0.338 e. The lowest BCUT2D eigenvalue weighted by molar-refractivity contribution is 0.0500. The standard InChI is InChI=1S/C18H17NO3/c1-2-3-11-22-18(20)15-10-6-9-14-16(15)12-7-4-5-8-13(12)17(14)19-21/h4-10,21H,2-3,11H2,1H3/b19-17+. The van der Waals surface area contributed by atoms with Gasteiger partial charge in [-0.15, -0.1) is 0 Å². The molecule has 0 heterocycles. The summed E-state index contributed by atoms with van der Waals surface area (Å²) in [5.41, 5.74) is 4.27. The molecule has 1 aliphatic rings. The molecule has 0 spiro atoms. The molecule has 0 atom stereocenters. The number of hydrogen-bond donors (Lipinski definition) is 1. The van der Waals surface area contributed by atoms with Crippen molar-refractivity contribution < 1.29 is 14.7 Å². The number of carbonyl (C=O) groups is 1. The summed E-state index contributed by atoms with van der Waals surface area (Å²) in [4.78, 5) is 12.4. The first-order chi connectivity index (χ1) is 10.8. The van der Waals surface area contributed by atoms with Crippen LogP contribution in [0, 0.1) is 0 Å². The monoisotopic (exact) mass is 295 g/mol. The van der Waals surface area contributed by atoms with Crippen LogP contribution in [0.3, 0.4) is 0 Å². The van der Waals surface area contributed by atoms with Crippen molar-refractivity contribution in [2.24, 2.45) is 5.16 Å². The van der Waals surface area contributed by atoms with Crippen molar-refractivity contribution in [3.63, 3.8) is 0 Å². The van der Waals surface area contributed by atoms with Gasteiger partial charge in [-0.1, -0.05) is 54.9 Å². The average molecular weight is 295 g/mol. The molecule has 0 aliphatic heterocycles. The lowest BCUT2D eigenvalue weighted by Crippen LogP contribution is -2.08. The van der Waals surface area contributed by atoms with Gasteiger partial charge in [0.25, 0.3) is 0 Å². The summed E-state index contributed by atoms with van der Waals surface area (Å²) >= 11 is 0. The molecule has 2 aromatic rings. The number of fused-ring (bicyclic) bond motifs is 3. The van der Waals surface area contributed by atoms with Gasteiger partial charge in [-0.2, -0.15) is 0 Å². The van der Waals surface area contributed by atoms with Crippen molar-refractivity contribution in [3.05, 3.63) is 59.2 Å². The fourth-order valence-electron chi connectivity index (χ4n) is 2.76. The lowest BCUT2D eigenvalue weighted by atomic mass is 9.99. The van der Waals surface area contributed by atoms with Crippen molar-refractivity contribution >= 4 is 11.7 Å². The van der Waals surface area contributed by atoms with Crippen molar-refractivity contribution in [2.45, 2.75) is 19.8 Å². The Kier molecular flexibility index (Phi) is 3.92. The zero-order chi connectivity index (χ0) is 15.5. The van der Waals surface area contributed by atoms with Gasteiger partial charge < -0.3 is 9.94 Å². The maximum atomic E-state index is 12.4. The largest absolute Gasteiger partial charge is 0.462 e. The van der Waals surface area contributed by atoms with Crippen LogP contribution in [0.4, 0.5) is 0 Å². The fraction of sp³-hybridized carbons (Fsp3) is 0.222. The van der Waals surface area contributed by atoms with Gasteiger partial charge in [-0.25, -0.2) is 4.79 Å². The molecule has 22 heavy (non-hydrogen) atoms. The predicted octanol–water partition coefficient (Wildman–Crippen LogP) is 3.85. The van der Waals surface area contributed by atoms with Crippen LogP contribution in [0.1, 0.15) is 41.3 Å². The molecule has 0 amide bonds. The quantitative estimate of drug-likeness (QED) is 0.344. The number of esters is 1. The zero-order valence-corrected chi connectivity index (χ0v) is 12.4. The summed E-state index contributed by atoms with van der Waals surface area (Å²) in [5.74, 6) is -0.334. The molecule has 1 N–H and O–H groups in total. The van der Waals surface area contributed by atoms with Crippen LogP contribution in [0.5, 0.6) is 0 Å². The average Bonchev–Trinajstić information content (AvgIpc) is 2.88. The number of nitrogens with zero attached hydrogens (tertiary/aromatic N) is 1. The highest BCUT2D eigenvalue weighted by Crippen LogP contribution is 2.39. The van der Waals surface area contributed by atoms with E-state index < -0.39 is 0 Å². The lowest BCUT2D eigenvalue weighted by Gasteiger charge is -2.09. The summed E-state index contributed by atoms with van der Waals surface area (Å²) in [7, 11) is 0. The van der Waals surface area contributed by atoms with E-state index in [1.165, 1.54) is 0 Å². The molecule has 0 radical (unpaired) electrons. The molecular formula is C18H17NO3. The summed E-state index contributed by atoms with van der Waals surface area (Å²) < 4.78 is 5.34. The van der Waals surface area contributed by atoms with E-state index in [2.05, 4.69) is 5.16 Å². The second-order valence-electron chi connectivity index (χ2n) is 5.21. The number of carbonyl (C=O) groups excluding carboxylic acids is 1. The molecule has 0 saturated carbocycles. The molecule has 0 fully saturated rings. The molecule has 0 saturated heterocycles. The van der Waals surface area contributed by atoms with Crippen molar-refractivity contribution in [1.29, 1.82) is 0 Å². The minimum Gasteiger partial charge on any atom is -0.462 e. The number of rotatable bonds is 4. The Labute approximate surface area is 129 Å². The van der Waals surface area contributed by atoms with Crippen LogP contribution >= 0.6 is 0 Å². The van der Waals surface area contributed by atoms with Crippen LogP contribution in [-0.2, 0) is 4.74 Å².